The van der Waals surface area contributed by atoms with E-state index in [2.05, 4.69) is 10.3 Å². The van der Waals surface area contributed by atoms with E-state index in [-0.39, 0.29) is 18.4 Å². The van der Waals surface area contributed by atoms with Crippen molar-refractivity contribution in [3.8, 4) is 0 Å². The topological polar surface area (TPSA) is 85.3 Å². The normalized spacial score (nSPS) is 22.4. The van der Waals surface area contributed by atoms with Gasteiger partial charge in [-0.05, 0) is 11.6 Å². The number of likely N-dealkylation sites (N-methyl/N-ethyl adjacent to an activating group) is 2. The summed E-state index contributed by atoms with van der Waals surface area (Å²) in [5, 5.41) is 3.35. The molecule has 1 saturated heterocycles. The summed E-state index contributed by atoms with van der Waals surface area (Å²) in [6, 6.07) is 6.15. The summed E-state index contributed by atoms with van der Waals surface area (Å²) < 4.78 is 0. The molecule has 9 heteroatoms. The second-order valence-electron chi connectivity index (χ2n) is 5.95. The molecule has 3 rings (SSSR count). The molecule has 0 saturated carbocycles. The van der Waals surface area contributed by atoms with Crippen LogP contribution < -0.4 is 5.32 Å². The molecule has 0 spiro atoms. The lowest BCUT2D eigenvalue weighted by Crippen LogP contribution is -2.64. The first-order valence-corrected chi connectivity index (χ1v) is 8.11. The van der Waals surface area contributed by atoms with Gasteiger partial charge in [-0.25, -0.2) is 9.79 Å². The van der Waals surface area contributed by atoms with Crippen molar-refractivity contribution in [2.45, 2.75) is 18.8 Å². The first kappa shape index (κ1) is 17.2. The van der Waals surface area contributed by atoms with E-state index in [9.17, 15) is 14.4 Å². The third-order valence-electron chi connectivity index (χ3n) is 4.34. The molecule has 1 N–H and O–H groups in total. The zero-order chi connectivity index (χ0) is 18.1. The molecule has 2 aliphatic heterocycles. The van der Waals surface area contributed by atoms with Crippen LogP contribution in [0.15, 0.2) is 29.3 Å². The molecule has 0 aromatic heterocycles. The number of nitrogens with zero attached hydrogens (tertiary/aromatic N) is 4. The van der Waals surface area contributed by atoms with Crippen LogP contribution in [0, 0.1) is 0 Å². The van der Waals surface area contributed by atoms with Crippen LogP contribution in [-0.2, 0) is 16.1 Å². The van der Waals surface area contributed by atoms with E-state index in [4.69, 9.17) is 11.6 Å². The van der Waals surface area contributed by atoms with Crippen molar-refractivity contribution < 1.29 is 14.4 Å². The van der Waals surface area contributed by atoms with Gasteiger partial charge in [0.1, 0.15) is 0 Å². The number of halogens is 1. The number of benzene rings is 1. The predicted octanol–water partition coefficient (Wildman–Crippen LogP) is 0.519. The number of carbonyl (C=O) groups is 3. The monoisotopic (exact) mass is 363 g/mol. The van der Waals surface area contributed by atoms with Crippen LogP contribution in [0.5, 0.6) is 0 Å². The summed E-state index contributed by atoms with van der Waals surface area (Å²) in [6.07, 6.45) is 0.846. The van der Waals surface area contributed by atoms with Crippen LogP contribution in [0.2, 0.25) is 5.02 Å². The Balaban J connectivity index is 1.62. The molecule has 2 unspecified atom stereocenters. The quantitative estimate of drug-likeness (QED) is 0.845. The molecule has 2 aliphatic rings. The van der Waals surface area contributed by atoms with Crippen molar-refractivity contribution in [3.63, 3.8) is 0 Å². The molecule has 0 radical (unpaired) electrons. The molecule has 2 heterocycles. The van der Waals surface area contributed by atoms with Crippen molar-refractivity contribution in [1.29, 1.82) is 0 Å². The van der Waals surface area contributed by atoms with Crippen molar-refractivity contribution in [2.75, 3.05) is 20.6 Å². The van der Waals surface area contributed by atoms with Crippen molar-refractivity contribution in [2.24, 2.45) is 4.99 Å². The van der Waals surface area contributed by atoms with E-state index in [1.807, 2.05) is 18.2 Å². The maximum Gasteiger partial charge on any atom is 0.328 e. The number of hydrogen-bond acceptors (Lipinski definition) is 5. The van der Waals surface area contributed by atoms with Gasteiger partial charge in [-0.2, -0.15) is 0 Å². The first-order chi connectivity index (χ1) is 11.9. The molecular formula is C16H18ClN5O3. The number of nitrogens with one attached hydrogen (secondary N) is 1. The number of rotatable bonds is 4. The first-order valence-electron chi connectivity index (χ1n) is 7.73. The molecule has 2 atom stereocenters. The van der Waals surface area contributed by atoms with Gasteiger partial charge in [0.2, 0.25) is 5.91 Å². The van der Waals surface area contributed by atoms with E-state index in [1.54, 1.807) is 18.0 Å². The van der Waals surface area contributed by atoms with E-state index < -0.39 is 18.2 Å². The fraction of sp³-hybridized carbons (Fsp3) is 0.375. The fourth-order valence-corrected chi connectivity index (χ4v) is 3.10. The summed E-state index contributed by atoms with van der Waals surface area (Å²) in [6.45, 7) is 0.264. The minimum Gasteiger partial charge on any atom is -0.350 e. The number of urea groups is 1. The van der Waals surface area contributed by atoms with E-state index >= 15 is 0 Å². The number of aliphatic imine (C=N–C) groups is 1. The fourth-order valence-electron chi connectivity index (χ4n) is 2.90. The zero-order valence-electron chi connectivity index (χ0n) is 13.8. The highest BCUT2D eigenvalue weighted by Crippen LogP contribution is 2.24. The lowest BCUT2D eigenvalue weighted by atomic mass is 10.1. The maximum atomic E-state index is 12.4. The second-order valence-corrected chi connectivity index (χ2v) is 6.36. The Hall–Kier alpha value is -2.61. The molecular weight excluding hydrogens is 346 g/mol. The van der Waals surface area contributed by atoms with Crippen LogP contribution in [0.3, 0.4) is 0 Å². The summed E-state index contributed by atoms with van der Waals surface area (Å²) in [5.74, 6) is -0.633. The lowest BCUT2D eigenvalue weighted by molar-refractivity contribution is -0.136. The Labute approximate surface area is 150 Å². The van der Waals surface area contributed by atoms with Gasteiger partial charge < -0.3 is 15.1 Å². The summed E-state index contributed by atoms with van der Waals surface area (Å²) in [5.41, 5.74) is 0.810. The maximum absolute atomic E-state index is 12.4. The Kier molecular flexibility index (Phi) is 4.63. The molecule has 1 aromatic carbocycles. The number of hydrogen-bond donors (Lipinski definition) is 1. The average Bonchev–Trinajstić information content (AvgIpc) is 3.01. The Morgan fingerprint density at radius 3 is 2.72 bits per heavy atom. The van der Waals surface area contributed by atoms with Crippen LogP contribution in [0.4, 0.5) is 4.79 Å². The Morgan fingerprint density at radius 1 is 1.28 bits per heavy atom. The molecule has 1 aromatic rings. The van der Waals surface area contributed by atoms with Gasteiger partial charge in [-0.1, -0.05) is 29.8 Å². The van der Waals surface area contributed by atoms with Crippen LogP contribution in [-0.4, -0.2) is 71.7 Å². The predicted molar refractivity (Wildman–Crippen MR) is 92.0 cm³/mol. The van der Waals surface area contributed by atoms with Gasteiger partial charge in [-0.15, -0.1) is 0 Å². The number of amides is 4. The van der Waals surface area contributed by atoms with Crippen molar-refractivity contribution in [1.82, 2.24) is 20.0 Å². The smallest absolute Gasteiger partial charge is 0.328 e. The van der Waals surface area contributed by atoms with Gasteiger partial charge in [0.25, 0.3) is 5.91 Å². The highest BCUT2D eigenvalue weighted by molar-refractivity contribution is 6.31. The molecule has 8 nitrogen and oxygen atoms in total. The van der Waals surface area contributed by atoms with Crippen LogP contribution in [0.25, 0.3) is 0 Å². The summed E-state index contributed by atoms with van der Waals surface area (Å²) >= 11 is 6.06. The van der Waals surface area contributed by atoms with Gasteiger partial charge in [0, 0.05) is 25.7 Å². The van der Waals surface area contributed by atoms with E-state index in [1.165, 1.54) is 18.3 Å². The van der Waals surface area contributed by atoms with Crippen LogP contribution in [0.1, 0.15) is 5.56 Å². The number of imide groups is 1. The van der Waals surface area contributed by atoms with Crippen LogP contribution >= 0.6 is 11.6 Å². The van der Waals surface area contributed by atoms with Gasteiger partial charge in [0.15, 0.2) is 12.2 Å². The third kappa shape index (κ3) is 3.17. The second kappa shape index (κ2) is 6.72. The molecule has 4 amide bonds. The van der Waals surface area contributed by atoms with Gasteiger partial charge >= 0.3 is 6.03 Å². The highest BCUT2D eigenvalue weighted by Gasteiger charge is 2.48. The standard InChI is InChI=1S/C16H18ClN5O3/c1-20-14-13(15(24)21(2)16(20)25)22(9-19-14)8-12(23)18-7-10-5-3-4-6-11(10)17/h3-6,9,13-14H,7-8H2,1-2H3,(H,18,23). The molecule has 0 bridgehead atoms. The third-order valence-corrected chi connectivity index (χ3v) is 4.71. The highest BCUT2D eigenvalue weighted by atomic mass is 35.5. The molecule has 0 aliphatic carbocycles. The zero-order valence-corrected chi connectivity index (χ0v) is 14.6. The lowest BCUT2D eigenvalue weighted by Gasteiger charge is -2.39. The van der Waals surface area contributed by atoms with Gasteiger partial charge in [-0.3, -0.25) is 14.5 Å². The van der Waals surface area contributed by atoms with E-state index in [0.717, 1.165) is 10.5 Å². The Bertz CT molecular complexity index is 753. The average molecular weight is 364 g/mol. The number of fused-ring (bicyclic) bond motifs is 1. The van der Waals surface area contributed by atoms with E-state index in [0.29, 0.717) is 11.6 Å². The molecule has 132 valence electrons. The van der Waals surface area contributed by atoms with Gasteiger partial charge in [0.05, 0.1) is 12.9 Å². The SMILES string of the molecule is CN1C(=O)C2C(N=CN2CC(=O)NCc2ccccc2Cl)N(C)C1=O. The Morgan fingerprint density at radius 2 is 2.00 bits per heavy atom. The largest absolute Gasteiger partial charge is 0.350 e. The molecule has 1 fully saturated rings. The summed E-state index contributed by atoms with van der Waals surface area (Å²) in [4.78, 5) is 44.7. The van der Waals surface area contributed by atoms with Crippen molar-refractivity contribution >= 4 is 35.8 Å². The van der Waals surface area contributed by atoms with Crippen molar-refractivity contribution in [3.05, 3.63) is 34.9 Å². The summed E-state index contributed by atoms with van der Waals surface area (Å²) in [7, 11) is 3.01. The minimum atomic E-state index is -0.682. The minimum absolute atomic E-state index is 0.0310. The molecule has 25 heavy (non-hydrogen) atoms. The number of carbonyl (C=O) groups excluding carboxylic acids is 3.